The van der Waals surface area contributed by atoms with Gasteiger partial charge in [-0.2, -0.15) is 0 Å². The number of hydrogen-bond acceptors (Lipinski definition) is 5. The number of aromatic nitrogens is 3. The van der Waals surface area contributed by atoms with Crippen LogP contribution in [-0.4, -0.2) is 26.3 Å². The highest BCUT2D eigenvalue weighted by Crippen LogP contribution is 2.30. The number of fused-ring (bicyclic) bond motifs is 3. The molecule has 2 aromatic carbocycles. The zero-order chi connectivity index (χ0) is 23.2. The first-order valence-corrected chi connectivity index (χ1v) is 10.9. The van der Waals surface area contributed by atoms with Crippen LogP contribution in [0.25, 0.3) is 27.9 Å². The molecule has 0 radical (unpaired) electrons. The van der Waals surface area contributed by atoms with E-state index in [1.807, 2.05) is 18.2 Å². The predicted molar refractivity (Wildman–Crippen MR) is 122 cm³/mol. The lowest BCUT2D eigenvalue weighted by Gasteiger charge is -2.12. The minimum Gasteiger partial charge on any atom is -0.467 e. The minimum absolute atomic E-state index is 0.108. The lowest BCUT2D eigenvalue weighted by Crippen LogP contribution is -2.25. The van der Waals surface area contributed by atoms with Crippen molar-refractivity contribution in [3.8, 4) is 11.3 Å². The molecule has 7 nitrogen and oxygen atoms in total. The molecule has 2 N–H and O–H groups in total. The first-order chi connectivity index (χ1) is 16.6. The highest BCUT2D eigenvalue weighted by molar-refractivity contribution is 5.95. The van der Waals surface area contributed by atoms with Crippen molar-refractivity contribution < 1.29 is 18.0 Å². The number of halogens is 2. The summed E-state index contributed by atoms with van der Waals surface area (Å²) in [7, 11) is 0. The van der Waals surface area contributed by atoms with Crippen molar-refractivity contribution in [2.24, 2.45) is 0 Å². The fourth-order valence-electron chi connectivity index (χ4n) is 3.92. The van der Waals surface area contributed by atoms with Crippen LogP contribution < -0.4 is 10.6 Å². The molecule has 0 unspecified atom stereocenters. The molecule has 3 heterocycles. The molecule has 3 aromatic heterocycles. The average Bonchev–Trinajstić information content (AvgIpc) is 3.31. The van der Waals surface area contributed by atoms with Crippen molar-refractivity contribution in [3.05, 3.63) is 83.9 Å². The maximum atomic E-state index is 14.2. The molecule has 0 spiro atoms. The first-order valence-electron chi connectivity index (χ1n) is 10.9. The predicted octanol–water partition coefficient (Wildman–Crippen LogP) is 4.93. The van der Waals surface area contributed by atoms with Crippen LogP contribution in [-0.2, 0) is 6.54 Å². The van der Waals surface area contributed by atoms with Crippen LogP contribution in [0.5, 0.6) is 0 Å². The van der Waals surface area contributed by atoms with E-state index in [-0.39, 0.29) is 17.5 Å². The smallest absolute Gasteiger partial charge is 0.251 e. The van der Waals surface area contributed by atoms with E-state index in [0.717, 1.165) is 30.5 Å². The summed E-state index contributed by atoms with van der Waals surface area (Å²) in [6.45, 7) is 0.345. The number of nitrogens with zero attached hydrogens (tertiary/aromatic N) is 3. The third kappa shape index (κ3) is 3.64. The number of carbonyl (C=O) groups excluding carboxylic acids is 1. The van der Waals surface area contributed by atoms with Gasteiger partial charge >= 0.3 is 0 Å². The molecular weight excluding hydrogens is 440 g/mol. The molecule has 1 amide bonds. The summed E-state index contributed by atoms with van der Waals surface area (Å²) < 4.78 is 35.3. The van der Waals surface area contributed by atoms with Crippen molar-refractivity contribution in [2.75, 3.05) is 5.32 Å². The Balaban J connectivity index is 1.45. The van der Waals surface area contributed by atoms with E-state index in [9.17, 15) is 13.6 Å². The maximum absolute atomic E-state index is 14.2. The summed E-state index contributed by atoms with van der Waals surface area (Å²) in [6.07, 6.45) is 5.25. The topological polar surface area (TPSA) is 84.5 Å². The first kappa shape index (κ1) is 20.3. The molecule has 1 saturated carbocycles. The molecule has 1 aliphatic carbocycles. The molecule has 170 valence electrons. The van der Waals surface area contributed by atoms with Gasteiger partial charge < -0.3 is 15.1 Å². The Bertz CT molecular complexity index is 1520. The molecule has 6 rings (SSSR count). The van der Waals surface area contributed by atoms with Crippen molar-refractivity contribution >= 4 is 28.4 Å². The third-order valence-corrected chi connectivity index (χ3v) is 5.83. The Kier molecular flexibility index (Phi) is 4.75. The number of benzene rings is 2. The highest BCUT2D eigenvalue weighted by Gasteiger charge is 2.24. The van der Waals surface area contributed by atoms with Crippen molar-refractivity contribution in [2.45, 2.75) is 25.4 Å². The van der Waals surface area contributed by atoms with E-state index >= 15 is 0 Å². The molecule has 0 saturated heterocycles. The Labute approximate surface area is 192 Å². The fourth-order valence-corrected chi connectivity index (χ4v) is 3.92. The normalized spacial score (nSPS) is 13.5. The van der Waals surface area contributed by atoms with Crippen LogP contribution in [0.3, 0.4) is 0 Å². The Morgan fingerprint density at radius 2 is 1.91 bits per heavy atom. The number of hydrogen-bond donors (Lipinski definition) is 2. The van der Waals surface area contributed by atoms with Crippen LogP contribution in [0.2, 0.25) is 0 Å². The van der Waals surface area contributed by atoms with Gasteiger partial charge in [0.2, 0.25) is 0 Å². The summed E-state index contributed by atoms with van der Waals surface area (Å²) in [6, 6.07) is 13.2. The summed E-state index contributed by atoms with van der Waals surface area (Å²) in [4.78, 5) is 21.3. The SMILES string of the molecule is O=C(NC1CC1)c1ccc(-c2cnc3c(NCc4ccco4)nc4cc(F)c(F)cc4n23)cc1. The summed E-state index contributed by atoms with van der Waals surface area (Å²) >= 11 is 0. The molecule has 1 aliphatic rings. The maximum Gasteiger partial charge on any atom is 0.251 e. The van der Waals surface area contributed by atoms with Crippen molar-refractivity contribution in [3.63, 3.8) is 0 Å². The van der Waals surface area contributed by atoms with Gasteiger partial charge in [0.25, 0.3) is 5.91 Å². The molecule has 0 aliphatic heterocycles. The second kappa shape index (κ2) is 7.95. The Morgan fingerprint density at radius 3 is 2.65 bits per heavy atom. The van der Waals surface area contributed by atoms with Crippen LogP contribution in [0, 0.1) is 11.6 Å². The Hall–Kier alpha value is -4.27. The number of rotatable bonds is 6. The van der Waals surface area contributed by atoms with E-state index in [1.165, 1.54) is 0 Å². The molecule has 1 fully saturated rings. The van der Waals surface area contributed by atoms with Gasteiger partial charge in [-0.3, -0.25) is 9.20 Å². The van der Waals surface area contributed by atoms with Gasteiger partial charge in [-0.15, -0.1) is 0 Å². The fraction of sp³-hybridized carbons (Fsp3) is 0.160. The molecule has 9 heteroatoms. The van der Waals surface area contributed by atoms with Gasteiger partial charge in [0.1, 0.15) is 5.76 Å². The lowest BCUT2D eigenvalue weighted by atomic mass is 10.1. The van der Waals surface area contributed by atoms with Crippen molar-refractivity contribution in [1.82, 2.24) is 19.7 Å². The summed E-state index contributed by atoms with van der Waals surface area (Å²) in [5, 5.41) is 6.14. The van der Waals surface area contributed by atoms with Gasteiger partial charge in [0.15, 0.2) is 23.1 Å². The second-order valence-electron chi connectivity index (χ2n) is 8.28. The Morgan fingerprint density at radius 1 is 1.12 bits per heavy atom. The van der Waals surface area contributed by atoms with Crippen LogP contribution in [0.15, 0.2) is 65.4 Å². The van der Waals surface area contributed by atoms with Gasteiger partial charge in [-0.05, 0) is 37.1 Å². The van der Waals surface area contributed by atoms with Crippen LogP contribution >= 0.6 is 0 Å². The van der Waals surface area contributed by atoms with E-state index in [0.29, 0.717) is 40.5 Å². The lowest BCUT2D eigenvalue weighted by molar-refractivity contribution is 0.0951. The van der Waals surface area contributed by atoms with E-state index in [4.69, 9.17) is 4.42 Å². The molecular formula is C25H19F2N5O2. The molecule has 5 aromatic rings. The van der Waals surface area contributed by atoms with Crippen LogP contribution in [0.1, 0.15) is 29.0 Å². The second-order valence-corrected chi connectivity index (χ2v) is 8.28. The number of amides is 1. The summed E-state index contributed by atoms with van der Waals surface area (Å²) in [5.74, 6) is -0.967. The minimum atomic E-state index is -0.982. The highest BCUT2D eigenvalue weighted by atomic mass is 19.2. The number of carbonyl (C=O) groups is 1. The van der Waals surface area contributed by atoms with Gasteiger partial charge in [0, 0.05) is 29.3 Å². The van der Waals surface area contributed by atoms with Gasteiger partial charge in [-0.25, -0.2) is 18.7 Å². The molecule has 0 bridgehead atoms. The monoisotopic (exact) mass is 459 g/mol. The quantitative estimate of drug-likeness (QED) is 0.376. The van der Waals surface area contributed by atoms with E-state index < -0.39 is 11.6 Å². The van der Waals surface area contributed by atoms with Crippen molar-refractivity contribution in [1.29, 1.82) is 0 Å². The number of imidazole rings is 1. The van der Waals surface area contributed by atoms with Gasteiger partial charge in [0.05, 0.1) is 35.7 Å². The van der Waals surface area contributed by atoms with E-state index in [2.05, 4.69) is 20.6 Å². The molecule has 34 heavy (non-hydrogen) atoms. The number of furan rings is 1. The standard InChI is InChI=1S/C25H19F2N5O2/c26-18-10-20-21(11-19(18)27)32-22(14-3-5-15(6-4-14)25(33)30-16-7-8-16)13-29-24(32)23(31-20)28-12-17-2-1-9-34-17/h1-6,9-11,13,16H,7-8,12H2,(H,28,31)(H,30,33). The summed E-state index contributed by atoms with van der Waals surface area (Å²) in [5.41, 5.74) is 3.09. The number of nitrogens with one attached hydrogen (secondary N) is 2. The van der Waals surface area contributed by atoms with Gasteiger partial charge in [-0.1, -0.05) is 12.1 Å². The number of anilines is 1. The van der Waals surface area contributed by atoms with E-state index in [1.54, 1.807) is 35.1 Å². The largest absolute Gasteiger partial charge is 0.467 e. The molecule has 0 atom stereocenters. The average molecular weight is 459 g/mol. The van der Waals surface area contributed by atoms with Crippen LogP contribution in [0.4, 0.5) is 14.6 Å². The third-order valence-electron chi connectivity index (χ3n) is 5.83. The zero-order valence-corrected chi connectivity index (χ0v) is 17.9. The zero-order valence-electron chi connectivity index (χ0n) is 17.9.